The molecular formula is C14H23N3O2S. The van der Waals surface area contributed by atoms with Gasteiger partial charge in [0.05, 0.1) is 5.75 Å². The van der Waals surface area contributed by atoms with E-state index in [1.54, 1.807) is 12.1 Å². The Labute approximate surface area is 121 Å². The third-order valence-corrected chi connectivity index (χ3v) is 5.44. The maximum atomic E-state index is 11.9. The molecule has 1 aliphatic rings. The lowest BCUT2D eigenvalue weighted by atomic mass is 10.1. The molecule has 6 heteroatoms. The van der Waals surface area contributed by atoms with Crippen molar-refractivity contribution in [1.82, 2.24) is 10.2 Å². The van der Waals surface area contributed by atoms with Crippen LogP contribution in [0.5, 0.6) is 0 Å². The number of rotatable bonds is 5. The van der Waals surface area contributed by atoms with Gasteiger partial charge in [-0.15, -0.1) is 10.2 Å². The maximum Gasteiger partial charge on any atom is 0.197 e. The van der Waals surface area contributed by atoms with Crippen molar-refractivity contribution in [3.63, 3.8) is 0 Å². The van der Waals surface area contributed by atoms with Crippen LogP contribution in [0.1, 0.15) is 51.9 Å². The highest BCUT2D eigenvalue weighted by Crippen LogP contribution is 2.20. The number of aromatic nitrogens is 2. The van der Waals surface area contributed by atoms with Crippen LogP contribution in [0, 0.1) is 0 Å². The van der Waals surface area contributed by atoms with Crippen molar-refractivity contribution in [1.29, 1.82) is 0 Å². The highest BCUT2D eigenvalue weighted by Gasteiger charge is 2.16. The van der Waals surface area contributed by atoms with Crippen LogP contribution in [0.2, 0.25) is 0 Å². The third-order valence-electron chi connectivity index (χ3n) is 3.64. The van der Waals surface area contributed by atoms with Gasteiger partial charge in [0, 0.05) is 6.04 Å². The molecule has 1 aliphatic carbocycles. The van der Waals surface area contributed by atoms with E-state index in [0.29, 0.717) is 18.3 Å². The van der Waals surface area contributed by atoms with Crippen molar-refractivity contribution < 1.29 is 8.42 Å². The van der Waals surface area contributed by atoms with E-state index in [1.807, 2.05) is 6.92 Å². The molecular weight excluding hydrogens is 274 g/mol. The van der Waals surface area contributed by atoms with E-state index in [9.17, 15) is 8.42 Å². The van der Waals surface area contributed by atoms with Crippen molar-refractivity contribution in [2.24, 2.45) is 0 Å². The van der Waals surface area contributed by atoms with Gasteiger partial charge in [-0.05, 0) is 31.4 Å². The summed E-state index contributed by atoms with van der Waals surface area (Å²) < 4.78 is 23.7. The fraction of sp³-hybridized carbons (Fsp3) is 0.714. The van der Waals surface area contributed by atoms with E-state index in [1.165, 1.54) is 25.7 Å². The van der Waals surface area contributed by atoms with E-state index in [2.05, 4.69) is 15.5 Å². The molecule has 20 heavy (non-hydrogen) atoms. The number of anilines is 1. The molecule has 0 radical (unpaired) electrons. The standard InChI is InChI=1S/C14H23N3O2S/c1-2-11-20(18,19)14-10-9-13(16-17-14)15-12-7-5-3-4-6-8-12/h9-10,12H,2-8,11H2,1H3,(H,15,16). The largest absolute Gasteiger partial charge is 0.366 e. The topological polar surface area (TPSA) is 72.0 Å². The minimum Gasteiger partial charge on any atom is -0.366 e. The smallest absolute Gasteiger partial charge is 0.197 e. The SMILES string of the molecule is CCCS(=O)(=O)c1ccc(NC2CCCCCC2)nn1. The second-order valence-corrected chi connectivity index (χ2v) is 7.46. The molecule has 0 spiro atoms. The summed E-state index contributed by atoms with van der Waals surface area (Å²) >= 11 is 0. The Morgan fingerprint density at radius 1 is 1.15 bits per heavy atom. The summed E-state index contributed by atoms with van der Waals surface area (Å²) in [4.78, 5) is 0. The van der Waals surface area contributed by atoms with Crippen LogP contribution in [0.4, 0.5) is 5.82 Å². The van der Waals surface area contributed by atoms with E-state index in [4.69, 9.17) is 0 Å². The first kappa shape index (κ1) is 15.2. The van der Waals surface area contributed by atoms with Crippen molar-refractivity contribution in [3.05, 3.63) is 12.1 Å². The van der Waals surface area contributed by atoms with Crippen LogP contribution < -0.4 is 5.32 Å². The van der Waals surface area contributed by atoms with E-state index < -0.39 is 9.84 Å². The Morgan fingerprint density at radius 2 is 1.85 bits per heavy atom. The highest BCUT2D eigenvalue weighted by atomic mass is 32.2. The molecule has 0 bridgehead atoms. The zero-order valence-corrected chi connectivity index (χ0v) is 12.8. The van der Waals surface area contributed by atoms with Crippen LogP contribution in [-0.2, 0) is 9.84 Å². The molecule has 1 fully saturated rings. The van der Waals surface area contributed by atoms with Gasteiger partial charge in [0.2, 0.25) is 0 Å². The predicted molar refractivity (Wildman–Crippen MR) is 79.5 cm³/mol. The minimum atomic E-state index is -3.27. The first-order chi connectivity index (χ1) is 9.62. The molecule has 0 aliphatic heterocycles. The Morgan fingerprint density at radius 3 is 2.40 bits per heavy atom. The lowest BCUT2D eigenvalue weighted by molar-refractivity contribution is 0.588. The van der Waals surface area contributed by atoms with Crippen LogP contribution in [0.25, 0.3) is 0 Å². The molecule has 0 amide bonds. The molecule has 0 atom stereocenters. The molecule has 0 saturated heterocycles. The lowest BCUT2D eigenvalue weighted by Gasteiger charge is -2.16. The van der Waals surface area contributed by atoms with E-state index in [0.717, 1.165) is 12.8 Å². The number of sulfone groups is 1. The summed E-state index contributed by atoms with van der Waals surface area (Å²) in [7, 11) is -3.27. The Bertz CT molecular complexity index is 506. The average Bonchev–Trinajstić information content (AvgIpc) is 2.68. The van der Waals surface area contributed by atoms with Crippen LogP contribution >= 0.6 is 0 Å². The first-order valence-electron chi connectivity index (χ1n) is 7.45. The second-order valence-electron chi connectivity index (χ2n) is 5.41. The van der Waals surface area contributed by atoms with Gasteiger partial charge in [-0.2, -0.15) is 0 Å². The summed E-state index contributed by atoms with van der Waals surface area (Å²) in [5.41, 5.74) is 0. The van der Waals surface area contributed by atoms with Gasteiger partial charge in [-0.1, -0.05) is 32.6 Å². The molecule has 0 aromatic carbocycles. The highest BCUT2D eigenvalue weighted by molar-refractivity contribution is 7.91. The maximum absolute atomic E-state index is 11.9. The molecule has 2 rings (SSSR count). The number of hydrogen-bond acceptors (Lipinski definition) is 5. The summed E-state index contributed by atoms with van der Waals surface area (Å²) in [6, 6.07) is 3.71. The summed E-state index contributed by atoms with van der Waals surface area (Å²) in [6.07, 6.45) is 7.99. The molecule has 0 unspecified atom stereocenters. The van der Waals surface area contributed by atoms with E-state index >= 15 is 0 Å². The molecule has 5 nitrogen and oxygen atoms in total. The van der Waals surface area contributed by atoms with Crippen molar-refractivity contribution >= 4 is 15.7 Å². The van der Waals surface area contributed by atoms with Gasteiger partial charge in [0.25, 0.3) is 0 Å². The summed E-state index contributed by atoms with van der Waals surface area (Å²) in [5.74, 6) is 0.796. The fourth-order valence-electron chi connectivity index (χ4n) is 2.57. The molecule has 1 heterocycles. The fourth-order valence-corrected chi connectivity index (χ4v) is 3.76. The third kappa shape index (κ3) is 4.16. The monoisotopic (exact) mass is 297 g/mol. The zero-order valence-electron chi connectivity index (χ0n) is 12.0. The molecule has 1 aromatic rings. The molecule has 1 N–H and O–H groups in total. The molecule has 112 valence electrons. The van der Waals surface area contributed by atoms with Gasteiger partial charge < -0.3 is 5.32 Å². The Balaban J connectivity index is 2.01. The van der Waals surface area contributed by atoms with Crippen molar-refractivity contribution in [2.75, 3.05) is 11.1 Å². The Kier molecular flexibility index (Phi) is 5.34. The summed E-state index contributed by atoms with van der Waals surface area (Å²) in [6.45, 7) is 1.84. The normalized spacial score (nSPS) is 17.6. The van der Waals surface area contributed by atoms with Gasteiger partial charge in [0.1, 0.15) is 5.82 Å². The lowest BCUT2D eigenvalue weighted by Crippen LogP contribution is -2.19. The van der Waals surface area contributed by atoms with Gasteiger partial charge >= 0.3 is 0 Å². The zero-order chi connectivity index (χ0) is 14.4. The predicted octanol–water partition coefficient (Wildman–Crippen LogP) is 2.80. The average molecular weight is 297 g/mol. The second kappa shape index (κ2) is 7.02. The van der Waals surface area contributed by atoms with Gasteiger partial charge in [0.15, 0.2) is 14.9 Å². The van der Waals surface area contributed by atoms with Gasteiger partial charge in [-0.3, -0.25) is 0 Å². The van der Waals surface area contributed by atoms with Crippen molar-refractivity contribution in [2.45, 2.75) is 62.9 Å². The van der Waals surface area contributed by atoms with Crippen LogP contribution in [-0.4, -0.2) is 30.4 Å². The minimum absolute atomic E-state index is 0.0748. The number of nitrogens with one attached hydrogen (secondary N) is 1. The quantitative estimate of drug-likeness (QED) is 0.846. The Hall–Kier alpha value is -1.17. The summed E-state index contributed by atoms with van der Waals surface area (Å²) in [5, 5.41) is 11.3. The first-order valence-corrected chi connectivity index (χ1v) is 9.10. The van der Waals surface area contributed by atoms with Crippen LogP contribution in [0.15, 0.2) is 17.2 Å². The van der Waals surface area contributed by atoms with E-state index in [-0.39, 0.29) is 10.8 Å². The van der Waals surface area contributed by atoms with Crippen LogP contribution in [0.3, 0.4) is 0 Å². The van der Waals surface area contributed by atoms with Crippen molar-refractivity contribution in [3.8, 4) is 0 Å². The van der Waals surface area contributed by atoms with Gasteiger partial charge in [-0.25, -0.2) is 8.42 Å². The molecule has 1 saturated carbocycles. The number of nitrogens with zero attached hydrogens (tertiary/aromatic N) is 2. The molecule has 1 aromatic heterocycles. The number of hydrogen-bond donors (Lipinski definition) is 1.